The van der Waals surface area contributed by atoms with Gasteiger partial charge in [0.1, 0.15) is 5.69 Å². The number of benzene rings is 1. The van der Waals surface area contributed by atoms with E-state index in [1.54, 1.807) is 0 Å². The van der Waals surface area contributed by atoms with E-state index in [0.29, 0.717) is 5.69 Å². The summed E-state index contributed by atoms with van der Waals surface area (Å²) in [6, 6.07) is 6.39. The van der Waals surface area contributed by atoms with Crippen LogP contribution in [-0.2, 0) is 6.42 Å². The Morgan fingerprint density at radius 3 is 2.74 bits per heavy atom. The van der Waals surface area contributed by atoms with Gasteiger partial charge in [-0.3, -0.25) is 4.79 Å². The van der Waals surface area contributed by atoms with Gasteiger partial charge in [-0.2, -0.15) is 4.37 Å². The number of aldehydes is 1. The maximum atomic E-state index is 10.9. The highest BCUT2D eigenvalue weighted by Crippen LogP contribution is 2.23. The van der Waals surface area contributed by atoms with Crippen LogP contribution in [0.3, 0.4) is 0 Å². The van der Waals surface area contributed by atoms with Crippen molar-refractivity contribution in [3.05, 3.63) is 29.5 Å². The molecule has 0 bridgehead atoms. The molecule has 2 aromatic rings. The fourth-order valence-corrected chi connectivity index (χ4v) is 3.08. The molecular formula is C16H21NOS. The van der Waals surface area contributed by atoms with E-state index >= 15 is 0 Å². The number of nitrogens with zero attached hydrogens (tertiary/aromatic N) is 1. The molecule has 0 saturated heterocycles. The lowest BCUT2D eigenvalue weighted by Crippen LogP contribution is -1.87. The number of carbonyl (C=O) groups is 1. The summed E-state index contributed by atoms with van der Waals surface area (Å²) in [5.74, 6) is 0. The predicted molar refractivity (Wildman–Crippen MR) is 82.1 cm³/mol. The molecule has 102 valence electrons. The standard InChI is InChI=1S/C16H21NOS/c1-2-3-4-5-6-7-8-13-9-10-16-14(11-13)15(12-18)17-19-16/h9-12H,2-8H2,1H3. The van der Waals surface area contributed by atoms with Gasteiger partial charge in [-0.05, 0) is 42.1 Å². The fourth-order valence-electron chi connectivity index (χ4n) is 2.35. The van der Waals surface area contributed by atoms with Crippen molar-refractivity contribution in [2.45, 2.75) is 51.9 Å². The normalized spacial score (nSPS) is 11.0. The summed E-state index contributed by atoms with van der Waals surface area (Å²) < 4.78 is 5.26. The SMILES string of the molecule is CCCCCCCCc1ccc2snc(C=O)c2c1. The van der Waals surface area contributed by atoms with Crippen molar-refractivity contribution in [3.63, 3.8) is 0 Å². The molecule has 0 aliphatic carbocycles. The van der Waals surface area contributed by atoms with Gasteiger partial charge in [-0.15, -0.1) is 0 Å². The Bertz CT molecular complexity index is 533. The molecule has 0 saturated carbocycles. The van der Waals surface area contributed by atoms with Crippen LogP contribution in [0, 0.1) is 0 Å². The molecule has 2 nitrogen and oxygen atoms in total. The molecule has 0 spiro atoms. The first-order chi connectivity index (χ1) is 9.35. The van der Waals surface area contributed by atoms with Gasteiger partial charge in [-0.25, -0.2) is 0 Å². The lowest BCUT2D eigenvalue weighted by molar-refractivity contribution is 0.112. The van der Waals surface area contributed by atoms with Crippen LogP contribution in [0.2, 0.25) is 0 Å². The highest BCUT2D eigenvalue weighted by atomic mass is 32.1. The molecule has 0 unspecified atom stereocenters. The molecular weight excluding hydrogens is 254 g/mol. The number of hydrogen-bond donors (Lipinski definition) is 0. The zero-order valence-electron chi connectivity index (χ0n) is 11.5. The molecule has 0 radical (unpaired) electrons. The summed E-state index contributed by atoms with van der Waals surface area (Å²) in [7, 11) is 0. The summed E-state index contributed by atoms with van der Waals surface area (Å²) in [5.41, 5.74) is 1.91. The molecule has 1 aromatic carbocycles. The molecule has 2 rings (SSSR count). The molecule has 0 aliphatic rings. The summed E-state index contributed by atoms with van der Waals surface area (Å²) in [5, 5.41) is 1.02. The third kappa shape index (κ3) is 3.87. The van der Waals surface area contributed by atoms with Crippen molar-refractivity contribution in [1.29, 1.82) is 0 Å². The van der Waals surface area contributed by atoms with E-state index < -0.39 is 0 Å². The van der Waals surface area contributed by atoms with Crippen molar-refractivity contribution >= 4 is 27.9 Å². The van der Waals surface area contributed by atoms with E-state index in [-0.39, 0.29) is 0 Å². The molecule has 0 fully saturated rings. The van der Waals surface area contributed by atoms with E-state index in [1.807, 2.05) is 0 Å². The first-order valence-corrected chi connectivity index (χ1v) is 7.96. The van der Waals surface area contributed by atoms with Gasteiger partial charge in [0.25, 0.3) is 0 Å². The lowest BCUT2D eigenvalue weighted by atomic mass is 10.0. The van der Waals surface area contributed by atoms with Crippen molar-refractivity contribution in [3.8, 4) is 0 Å². The largest absolute Gasteiger partial charge is 0.296 e. The lowest BCUT2D eigenvalue weighted by Gasteiger charge is -2.02. The molecule has 0 amide bonds. The van der Waals surface area contributed by atoms with Gasteiger partial charge in [0, 0.05) is 5.39 Å². The molecule has 1 heterocycles. The van der Waals surface area contributed by atoms with Crippen LogP contribution < -0.4 is 0 Å². The number of carbonyl (C=O) groups excluding carboxylic acids is 1. The van der Waals surface area contributed by atoms with Gasteiger partial charge < -0.3 is 0 Å². The van der Waals surface area contributed by atoms with E-state index in [2.05, 4.69) is 29.5 Å². The number of aromatic nitrogens is 1. The summed E-state index contributed by atoms with van der Waals surface area (Å²) >= 11 is 1.40. The maximum absolute atomic E-state index is 10.9. The minimum Gasteiger partial charge on any atom is -0.296 e. The van der Waals surface area contributed by atoms with Gasteiger partial charge in [0.15, 0.2) is 6.29 Å². The van der Waals surface area contributed by atoms with Crippen LogP contribution in [0.1, 0.15) is 61.5 Å². The second kappa shape index (κ2) is 7.39. The Morgan fingerprint density at radius 2 is 1.95 bits per heavy atom. The van der Waals surface area contributed by atoms with Gasteiger partial charge >= 0.3 is 0 Å². The summed E-state index contributed by atoms with van der Waals surface area (Å²) in [4.78, 5) is 10.9. The zero-order chi connectivity index (χ0) is 13.5. The van der Waals surface area contributed by atoms with Gasteiger partial charge in [-0.1, -0.05) is 45.1 Å². The average Bonchev–Trinajstić information content (AvgIpc) is 2.85. The van der Waals surface area contributed by atoms with Gasteiger partial charge in [0.2, 0.25) is 0 Å². The first kappa shape index (κ1) is 14.2. The number of rotatable bonds is 8. The smallest absolute Gasteiger partial charge is 0.170 e. The van der Waals surface area contributed by atoms with E-state index in [0.717, 1.165) is 22.8 Å². The third-order valence-corrected chi connectivity index (χ3v) is 4.33. The van der Waals surface area contributed by atoms with Crippen molar-refractivity contribution in [1.82, 2.24) is 4.37 Å². The Kier molecular flexibility index (Phi) is 5.52. The summed E-state index contributed by atoms with van der Waals surface area (Å²) in [6.07, 6.45) is 9.87. The van der Waals surface area contributed by atoms with Crippen LogP contribution in [0.4, 0.5) is 0 Å². The fraction of sp³-hybridized carbons (Fsp3) is 0.500. The first-order valence-electron chi connectivity index (χ1n) is 7.18. The third-order valence-electron chi connectivity index (χ3n) is 3.49. The predicted octanol–water partition coefficient (Wildman–Crippen LogP) is 5.01. The second-order valence-electron chi connectivity index (χ2n) is 5.03. The van der Waals surface area contributed by atoms with Gasteiger partial charge in [0.05, 0.1) is 4.70 Å². The van der Waals surface area contributed by atoms with Crippen LogP contribution in [0.25, 0.3) is 10.1 Å². The minimum atomic E-state index is 0.588. The quantitative estimate of drug-likeness (QED) is 0.500. The van der Waals surface area contributed by atoms with E-state index in [1.165, 1.54) is 55.6 Å². The summed E-state index contributed by atoms with van der Waals surface area (Å²) in [6.45, 7) is 2.24. The zero-order valence-corrected chi connectivity index (χ0v) is 12.3. The minimum absolute atomic E-state index is 0.588. The highest BCUT2D eigenvalue weighted by molar-refractivity contribution is 7.13. The number of hydrogen-bond acceptors (Lipinski definition) is 3. The molecule has 0 N–H and O–H groups in total. The Labute approximate surface area is 119 Å². The van der Waals surface area contributed by atoms with Crippen LogP contribution in [-0.4, -0.2) is 10.7 Å². The molecule has 0 aliphatic heterocycles. The topological polar surface area (TPSA) is 30.0 Å². The van der Waals surface area contributed by atoms with Crippen molar-refractivity contribution in [2.75, 3.05) is 0 Å². The Morgan fingerprint density at radius 1 is 1.16 bits per heavy atom. The average molecular weight is 275 g/mol. The molecule has 1 aromatic heterocycles. The monoisotopic (exact) mass is 275 g/mol. The van der Waals surface area contributed by atoms with Crippen molar-refractivity contribution < 1.29 is 4.79 Å². The second-order valence-corrected chi connectivity index (χ2v) is 5.84. The van der Waals surface area contributed by atoms with Crippen LogP contribution >= 0.6 is 11.5 Å². The van der Waals surface area contributed by atoms with Crippen LogP contribution in [0.15, 0.2) is 18.2 Å². The Hall–Kier alpha value is -1.22. The molecule has 0 atom stereocenters. The molecule has 3 heteroatoms. The highest BCUT2D eigenvalue weighted by Gasteiger charge is 2.05. The molecule has 19 heavy (non-hydrogen) atoms. The van der Waals surface area contributed by atoms with E-state index in [9.17, 15) is 4.79 Å². The number of fused-ring (bicyclic) bond motifs is 1. The Balaban J connectivity index is 1.88. The van der Waals surface area contributed by atoms with E-state index in [4.69, 9.17) is 0 Å². The van der Waals surface area contributed by atoms with Crippen LogP contribution in [0.5, 0.6) is 0 Å². The van der Waals surface area contributed by atoms with Crippen molar-refractivity contribution in [2.24, 2.45) is 0 Å². The number of unbranched alkanes of at least 4 members (excludes halogenated alkanes) is 5. The maximum Gasteiger partial charge on any atom is 0.170 e. The number of aryl methyl sites for hydroxylation is 1.